The average molecular weight is 585 g/mol. The Balaban J connectivity index is 1.39. The summed E-state index contributed by atoms with van der Waals surface area (Å²) in [5.74, 6) is -9.83. The summed E-state index contributed by atoms with van der Waals surface area (Å²) in [5, 5.41) is 12.6. The Kier molecular flexibility index (Phi) is 7.03. The highest BCUT2D eigenvalue weighted by molar-refractivity contribution is 5.85. The molecule has 1 atom stereocenters. The van der Waals surface area contributed by atoms with Crippen molar-refractivity contribution in [2.75, 3.05) is 42.9 Å². The minimum Gasteiger partial charge on any atom is -0.507 e. The van der Waals surface area contributed by atoms with Crippen LogP contribution in [0.25, 0.3) is 0 Å². The Labute approximate surface area is 229 Å². The highest BCUT2D eigenvalue weighted by Gasteiger charge is 2.58. The van der Waals surface area contributed by atoms with Crippen LogP contribution < -0.4 is 10.2 Å². The molecule has 3 aromatic rings. The summed E-state index contributed by atoms with van der Waals surface area (Å²) in [6, 6.07) is 9.41. The van der Waals surface area contributed by atoms with Crippen LogP contribution in [0.3, 0.4) is 0 Å². The van der Waals surface area contributed by atoms with Gasteiger partial charge in [0.2, 0.25) is 0 Å². The minimum absolute atomic E-state index is 0.0518. The van der Waals surface area contributed by atoms with Gasteiger partial charge in [-0.1, -0.05) is 0 Å². The number of carbonyl (C=O) groups excluding carboxylic acids is 1. The number of hydrogen-bond acceptors (Lipinski definition) is 4. The van der Waals surface area contributed by atoms with Gasteiger partial charge in [0.1, 0.15) is 23.2 Å². The number of hydrogen-bond donors (Lipinski definition) is 2. The standard InChI is InChI=1S/C28H23F8N3O2/c29-18-2-4-21(5-3-18)37-11-17-12-38(13-26(17)14-39(15-26)22-9-19(30)8-20(31)10-22)25(41)27(32,33)16-1-6-24(40)23(7-16)28(34,35)36/h1-10,17,37,40H,11-15H2. The van der Waals surface area contributed by atoms with Crippen LogP contribution in [0.4, 0.5) is 46.5 Å². The molecule has 0 aliphatic carbocycles. The topological polar surface area (TPSA) is 55.8 Å². The van der Waals surface area contributed by atoms with Crippen LogP contribution in [0.5, 0.6) is 5.75 Å². The van der Waals surface area contributed by atoms with Crippen LogP contribution >= 0.6 is 0 Å². The van der Waals surface area contributed by atoms with Gasteiger partial charge in [-0.25, -0.2) is 13.2 Å². The highest BCUT2D eigenvalue weighted by atomic mass is 19.4. The Morgan fingerprint density at radius 2 is 1.51 bits per heavy atom. The summed E-state index contributed by atoms with van der Waals surface area (Å²) in [6.45, 7) is 0.133. The number of phenols is 1. The first-order chi connectivity index (χ1) is 19.2. The molecule has 0 aromatic heterocycles. The van der Waals surface area contributed by atoms with Crippen molar-refractivity contribution in [1.82, 2.24) is 4.90 Å². The summed E-state index contributed by atoms with van der Waals surface area (Å²) in [7, 11) is 0. The summed E-state index contributed by atoms with van der Waals surface area (Å²) >= 11 is 0. The number of anilines is 2. The van der Waals surface area contributed by atoms with E-state index in [1.54, 1.807) is 4.90 Å². The minimum atomic E-state index is -5.13. The van der Waals surface area contributed by atoms with Crippen LogP contribution in [-0.4, -0.2) is 48.6 Å². The van der Waals surface area contributed by atoms with E-state index in [4.69, 9.17) is 0 Å². The van der Waals surface area contributed by atoms with Crippen molar-refractivity contribution in [3.8, 4) is 5.75 Å². The van der Waals surface area contributed by atoms with Crippen molar-refractivity contribution in [1.29, 1.82) is 0 Å². The Hall–Kier alpha value is -4.03. The molecule has 2 fully saturated rings. The van der Waals surface area contributed by atoms with E-state index in [-0.39, 0.29) is 44.5 Å². The monoisotopic (exact) mass is 585 g/mol. The number of aromatic hydroxyl groups is 1. The highest BCUT2D eigenvalue weighted by Crippen LogP contribution is 2.48. The number of rotatable bonds is 6. The summed E-state index contributed by atoms with van der Waals surface area (Å²) in [6.07, 6.45) is -5.13. The van der Waals surface area contributed by atoms with Gasteiger partial charge < -0.3 is 20.2 Å². The third kappa shape index (κ3) is 5.49. The molecule has 5 rings (SSSR count). The fourth-order valence-electron chi connectivity index (χ4n) is 5.53. The maximum absolute atomic E-state index is 15.3. The zero-order valence-corrected chi connectivity index (χ0v) is 21.2. The second kappa shape index (κ2) is 10.1. The smallest absolute Gasteiger partial charge is 0.419 e. The lowest BCUT2D eigenvalue weighted by Crippen LogP contribution is -2.61. The number of halogens is 8. The number of alkyl halides is 5. The normalized spacial score (nSPS) is 18.5. The Bertz CT molecular complexity index is 1440. The molecular formula is C28H23F8N3O2. The largest absolute Gasteiger partial charge is 0.507 e. The van der Waals surface area contributed by atoms with Gasteiger partial charge in [-0.05, 0) is 54.6 Å². The molecule has 1 spiro atoms. The molecule has 1 amide bonds. The van der Waals surface area contributed by atoms with Crippen molar-refractivity contribution >= 4 is 17.3 Å². The SMILES string of the molecule is O=C(N1CC(CNc2ccc(F)cc2)C2(C1)CN(c1cc(F)cc(F)c1)C2)C(F)(F)c1ccc(O)c(C(F)(F)F)c1. The quantitative estimate of drug-likeness (QED) is 0.349. The molecule has 13 heteroatoms. The summed E-state index contributed by atoms with van der Waals surface area (Å²) < 4.78 is 111. The van der Waals surface area contributed by atoms with Gasteiger partial charge in [0, 0.05) is 67.1 Å². The van der Waals surface area contributed by atoms with Crippen LogP contribution in [-0.2, 0) is 16.9 Å². The van der Waals surface area contributed by atoms with E-state index < -0.39 is 63.7 Å². The predicted molar refractivity (Wildman–Crippen MR) is 133 cm³/mol. The third-order valence-electron chi connectivity index (χ3n) is 7.65. The van der Waals surface area contributed by atoms with Gasteiger partial charge >= 0.3 is 12.1 Å². The molecule has 2 N–H and O–H groups in total. The number of nitrogens with zero attached hydrogens (tertiary/aromatic N) is 2. The lowest BCUT2D eigenvalue weighted by molar-refractivity contribution is -0.158. The van der Waals surface area contributed by atoms with Gasteiger partial charge in [0.15, 0.2) is 0 Å². The summed E-state index contributed by atoms with van der Waals surface area (Å²) in [5.41, 5.74) is -2.94. The fourth-order valence-corrected chi connectivity index (χ4v) is 5.53. The van der Waals surface area contributed by atoms with Crippen LogP contribution in [0.1, 0.15) is 11.1 Å². The second-order valence-electron chi connectivity index (χ2n) is 10.4. The van der Waals surface area contributed by atoms with E-state index in [1.807, 2.05) is 0 Å². The van der Waals surface area contributed by atoms with E-state index in [0.717, 1.165) is 17.0 Å². The maximum Gasteiger partial charge on any atom is 0.419 e. The predicted octanol–water partition coefficient (Wildman–Crippen LogP) is 6.00. The first-order valence-electron chi connectivity index (χ1n) is 12.5. The molecule has 2 heterocycles. The molecule has 3 aromatic carbocycles. The third-order valence-corrected chi connectivity index (χ3v) is 7.65. The van der Waals surface area contributed by atoms with Crippen molar-refractivity contribution in [2.45, 2.75) is 12.1 Å². The molecular weight excluding hydrogens is 562 g/mol. The van der Waals surface area contributed by atoms with Crippen molar-refractivity contribution < 1.29 is 45.0 Å². The average Bonchev–Trinajstić information content (AvgIpc) is 3.25. The van der Waals surface area contributed by atoms with Gasteiger partial charge in [-0.3, -0.25) is 4.79 Å². The molecule has 0 saturated carbocycles. The van der Waals surface area contributed by atoms with Crippen LogP contribution in [0.15, 0.2) is 60.7 Å². The van der Waals surface area contributed by atoms with E-state index in [0.29, 0.717) is 23.9 Å². The summed E-state index contributed by atoms with van der Waals surface area (Å²) in [4.78, 5) is 15.6. The van der Waals surface area contributed by atoms with Crippen molar-refractivity contribution in [3.63, 3.8) is 0 Å². The van der Waals surface area contributed by atoms with Gasteiger partial charge in [0.05, 0.1) is 5.56 Å². The zero-order valence-electron chi connectivity index (χ0n) is 21.2. The van der Waals surface area contributed by atoms with Crippen LogP contribution in [0.2, 0.25) is 0 Å². The number of carbonyl (C=O) groups is 1. The fraction of sp³-hybridized carbons (Fsp3) is 0.321. The van der Waals surface area contributed by atoms with Crippen molar-refractivity contribution in [2.24, 2.45) is 11.3 Å². The molecule has 218 valence electrons. The van der Waals surface area contributed by atoms with Gasteiger partial charge in [-0.2, -0.15) is 22.0 Å². The second-order valence-corrected chi connectivity index (χ2v) is 10.4. The molecule has 1 unspecified atom stereocenters. The van der Waals surface area contributed by atoms with Gasteiger partial charge in [0.25, 0.3) is 5.91 Å². The van der Waals surface area contributed by atoms with Crippen LogP contribution in [0, 0.1) is 28.8 Å². The zero-order chi connectivity index (χ0) is 29.7. The molecule has 5 nitrogen and oxygen atoms in total. The lowest BCUT2D eigenvalue weighted by atomic mass is 9.71. The molecule has 0 bridgehead atoms. The van der Waals surface area contributed by atoms with Crippen molar-refractivity contribution in [3.05, 3.63) is 89.2 Å². The number of amides is 1. The van der Waals surface area contributed by atoms with E-state index in [1.165, 1.54) is 24.3 Å². The molecule has 2 aliphatic rings. The first kappa shape index (κ1) is 28.5. The first-order valence-corrected chi connectivity index (χ1v) is 12.5. The Morgan fingerprint density at radius 3 is 2.12 bits per heavy atom. The number of phenolic OH excluding ortho intramolecular Hbond substituents is 1. The lowest BCUT2D eigenvalue weighted by Gasteiger charge is -2.52. The molecule has 41 heavy (non-hydrogen) atoms. The number of nitrogens with one attached hydrogen (secondary N) is 1. The molecule has 2 aliphatic heterocycles. The van der Waals surface area contributed by atoms with E-state index >= 15 is 8.78 Å². The maximum atomic E-state index is 15.3. The van der Waals surface area contributed by atoms with Gasteiger partial charge in [-0.15, -0.1) is 0 Å². The Morgan fingerprint density at radius 1 is 0.878 bits per heavy atom. The van der Waals surface area contributed by atoms with E-state index in [2.05, 4.69) is 5.32 Å². The molecule has 0 radical (unpaired) electrons. The van der Waals surface area contributed by atoms with E-state index in [9.17, 15) is 36.2 Å². The molecule has 2 saturated heterocycles. The number of likely N-dealkylation sites (tertiary alicyclic amines) is 1. The number of benzene rings is 3.